The van der Waals surface area contributed by atoms with Gasteiger partial charge in [0.2, 0.25) is 0 Å². The molecule has 0 atom stereocenters. The van der Waals surface area contributed by atoms with Crippen LogP contribution in [0.1, 0.15) is 16.1 Å². The van der Waals surface area contributed by atoms with E-state index in [0.717, 1.165) is 0 Å². The van der Waals surface area contributed by atoms with Gasteiger partial charge in [0.1, 0.15) is 0 Å². The van der Waals surface area contributed by atoms with Crippen molar-refractivity contribution < 1.29 is 9.18 Å². The number of halogens is 1. The highest BCUT2D eigenvalue weighted by molar-refractivity contribution is 6.05. The lowest BCUT2D eigenvalue weighted by molar-refractivity contribution is 0.102. The molecule has 2 aromatic rings. The normalized spacial score (nSPS) is 10.1. The van der Waals surface area contributed by atoms with Gasteiger partial charge in [0.25, 0.3) is 5.91 Å². The van der Waals surface area contributed by atoms with Crippen LogP contribution in [0.5, 0.6) is 0 Å². The van der Waals surface area contributed by atoms with Gasteiger partial charge in [0.15, 0.2) is 11.6 Å². The van der Waals surface area contributed by atoms with Crippen LogP contribution in [0.25, 0.3) is 0 Å². The molecule has 0 aromatic carbocycles. The molecule has 0 bridgehead atoms. The monoisotopic (exact) mass is 261 g/mol. The Hall–Kier alpha value is -2.54. The van der Waals surface area contributed by atoms with Crippen molar-refractivity contribution in [3.63, 3.8) is 0 Å². The fourth-order valence-corrected chi connectivity index (χ4v) is 1.53. The number of hydrogen-bond donors (Lipinski definition) is 3. The minimum Gasteiger partial charge on any atom is -0.320 e. The van der Waals surface area contributed by atoms with Gasteiger partial charge < -0.3 is 10.7 Å². The van der Waals surface area contributed by atoms with E-state index in [4.69, 9.17) is 5.84 Å². The van der Waals surface area contributed by atoms with Crippen molar-refractivity contribution in [1.82, 2.24) is 9.97 Å². The Morgan fingerprint density at radius 2 is 2.11 bits per heavy atom. The van der Waals surface area contributed by atoms with Crippen LogP contribution >= 0.6 is 0 Å². The molecule has 0 unspecified atom stereocenters. The van der Waals surface area contributed by atoms with Crippen molar-refractivity contribution in [3.05, 3.63) is 47.7 Å². The van der Waals surface area contributed by atoms with E-state index in [2.05, 4.69) is 20.7 Å². The topological polar surface area (TPSA) is 92.9 Å². The maximum absolute atomic E-state index is 13.8. The summed E-state index contributed by atoms with van der Waals surface area (Å²) in [5, 5.41) is 2.58. The molecule has 0 fully saturated rings. The average Bonchev–Trinajstić information content (AvgIpc) is 2.41. The Morgan fingerprint density at radius 1 is 1.32 bits per heavy atom. The smallest absolute Gasteiger partial charge is 0.258 e. The molecule has 7 heteroatoms. The second kappa shape index (κ2) is 5.40. The zero-order valence-electron chi connectivity index (χ0n) is 10.1. The van der Waals surface area contributed by atoms with Crippen LogP contribution in [0.15, 0.2) is 30.6 Å². The lowest BCUT2D eigenvalue weighted by Crippen LogP contribution is -2.18. The molecule has 0 radical (unpaired) electrons. The summed E-state index contributed by atoms with van der Waals surface area (Å²) >= 11 is 0. The number of hydrazine groups is 1. The van der Waals surface area contributed by atoms with E-state index in [1.54, 1.807) is 25.3 Å². The first-order valence-corrected chi connectivity index (χ1v) is 5.47. The van der Waals surface area contributed by atoms with Crippen LogP contribution in [-0.4, -0.2) is 15.9 Å². The lowest BCUT2D eigenvalue weighted by atomic mass is 10.2. The van der Waals surface area contributed by atoms with Crippen molar-refractivity contribution in [1.29, 1.82) is 0 Å². The molecule has 6 nitrogen and oxygen atoms in total. The van der Waals surface area contributed by atoms with Gasteiger partial charge in [-0.3, -0.25) is 9.78 Å². The Bertz CT molecular complexity index is 617. The predicted octanol–water partition coefficient (Wildman–Crippen LogP) is 1.46. The van der Waals surface area contributed by atoms with Crippen LogP contribution < -0.4 is 16.6 Å². The van der Waals surface area contributed by atoms with Crippen LogP contribution in [0.3, 0.4) is 0 Å². The lowest BCUT2D eigenvalue weighted by Gasteiger charge is -2.09. The Morgan fingerprint density at radius 3 is 2.79 bits per heavy atom. The molecule has 0 spiro atoms. The number of carbonyl (C=O) groups is 1. The summed E-state index contributed by atoms with van der Waals surface area (Å²) in [6, 6.07) is 4.64. The van der Waals surface area contributed by atoms with Gasteiger partial charge in [-0.05, 0) is 25.1 Å². The van der Waals surface area contributed by atoms with E-state index in [1.165, 1.54) is 12.3 Å². The second-order valence-electron chi connectivity index (χ2n) is 3.76. The van der Waals surface area contributed by atoms with Crippen LogP contribution in [-0.2, 0) is 0 Å². The van der Waals surface area contributed by atoms with E-state index >= 15 is 0 Å². The molecule has 98 valence electrons. The van der Waals surface area contributed by atoms with Gasteiger partial charge in [0, 0.05) is 12.4 Å². The Balaban J connectivity index is 2.28. The summed E-state index contributed by atoms with van der Waals surface area (Å²) in [6.45, 7) is 1.74. The molecule has 19 heavy (non-hydrogen) atoms. The molecule has 2 aromatic heterocycles. The third kappa shape index (κ3) is 2.66. The summed E-state index contributed by atoms with van der Waals surface area (Å²) in [6.07, 6.45) is 2.90. The number of rotatable bonds is 3. The summed E-state index contributed by atoms with van der Waals surface area (Å²) in [5.74, 6) is 3.53. The van der Waals surface area contributed by atoms with Gasteiger partial charge in [-0.2, -0.15) is 0 Å². The van der Waals surface area contributed by atoms with Gasteiger partial charge in [-0.1, -0.05) is 0 Å². The number of hydrogen-bond acceptors (Lipinski definition) is 5. The molecule has 0 saturated carbocycles. The summed E-state index contributed by atoms with van der Waals surface area (Å²) in [5.41, 5.74) is 3.10. The molecule has 0 aliphatic heterocycles. The minimum absolute atomic E-state index is 0.147. The first-order valence-electron chi connectivity index (χ1n) is 5.47. The van der Waals surface area contributed by atoms with Crippen molar-refractivity contribution in [2.75, 3.05) is 10.7 Å². The number of nitrogen functional groups attached to an aromatic ring is 1. The standard InChI is InChI=1S/C12H12FN5O/c1-7-9(3-2-5-15-7)17-12(19)8-4-6-16-11(18-14)10(8)13/h2-6H,14H2,1H3,(H,16,18)(H,17,19). The van der Waals surface area contributed by atoms with E-state index in [-0.39, 0.29) is 11.4 Å². The maximum Gasteiger partial charge on any atom is 0.258 e. The van der Waals surface area contributed by atoms with Crippen molar-refractivity contribution in [3.8, 4) is 0 Å². The Labute approximate surface area is 108 Å². The van der Waals surface area contributed by atoms with E-state index in [9.17, 15) is 9.18 Å². The molecule has 4 N–H and O–H groups in total. The van der Waals surface area contributed by atoms with Gasteiger partial charge >= 0.3 is 0 Å². The zero-order chi connectivity index (χ0) is 13.8. The van der Waals surface area contributed by atoms with Crippen LogP contribution in [0, 0.1) is 12.7 Å². The van der Waals surface area contributed by atoms with E-state index in [0.29, 0.717) is 11.4 Å². The number of carbonyl (C=O) groups excluding carboxylic acids is 1. The molecule has 0 aliphatic carbocycles. The highest BCUT2D eigenvalue weighted by Gasteiger charge is 2.16. The molecule has 0 aliphatic rings. The van der Waals surface area contributed by atoms with Crippen LogP contribution in [0.2, 0.25) is 0 Å². The molecular weight excluding hydrogens is 249 g/mol. The third-order valence-electron chi connectivity index (χ3n) is 2.53. The summed E-state index contributed by atoms with van der Waals surface area (Å²) in [4.78, 5) is 19.7. The largest absolute Gasteiger partial charge is 0.320 e. The van der Waals surface area contributed by atoms with Gasteiger partial charge in [0.05, 0.1) is 16.9 Å². The SMILES string of the molecule is Cc1ncccc1NC(=O)c1ccnc(NN)c1F. The summed E-state index contributed by atoms with van der Waals surface area (Å²) in [7, 11) is 0. The first-order chi connectivity index (χ1) is 9.13. The fourth-order valence-electron chi connectivity index (χ4n) is 1.53. The molecular formula is C12H12FN5O. The first kappa shape index (κ1) is 12.9. The number of amides is 1. The average molecular weight is 261 g/mol. The number of nitrogens with two attached hydrogens (primary N) is 1. The highest BCUT2D eigenvalue weighted by atomic mass is 19.1. The van der Waals surface area contributed by atoms with E-state index in [1.807, 2.05) is 0 Å². The van der Waals surface area contributed by atoms with E-state index < -0.39 is 11.7 Å². The quantitative estimate of drug-likeness (QED) is 0.574. The number of aromatic nitrogens is 2. The van der Waals surface area contributed by atoms with Crippen molar-refractivity contribution in [2.24, 2.45) is 5.84 Å². The third-order valence-corrected chi connectivity index (χ3v) is 2.53. The molecule has 1 amide bonds. The maximum atomic E-state index is 13.8. The minimum atomic E-state index is -0.802. The Kier molecular flexibility index (Phi) is 3.67. The van der Waals surface area contributed by atoms with Crippen molar-refractivity contribution >= 4 is 17.4 Å². The number of aryl methyl sites for hydroxylation is 1. The summed E-state index contributed by atoms with van der Waals surface area (Å²) < 4.78 is 13.8. The highest BCUT2D eigenvalue weighted by Crippen LogP contribution is 2.17. The number of anilines is 2. The predicted molar refractivity (Wildman–Crippen MR) is 68.9 cm³/mol. The second-order valence-corrected chi connectivity index (χ2v) is 3.76. The number of nitrogens with one attached hydrogen (secondary N) is 2. The van der Waals surface area contributed by atoms with Gasteiger partial charge in [-0.25, -0.2) is 15.2 Å². The van der Waals surface area contributed by atoms with Gasteiger partial charge in [-0.15, -0.1) is 0 Å². The van der Waals surface area contributed by atoms with Crippen molar-refractivity contribution in [2.45, 2.75) is 6.92 Å². The molecule has 2 heterocycles. The molecule has 0 saturated heterocycles. The number of nitrogens with zero attached hydrogens (tertiary/aromatic N) is 2. The van der Waals surface area contributed by atoms with Crippen LogP contribution in [0.4, 0.5) is 15.9 Å². The fraction of sp³-hybridized carbons (Fsp3) is 0.0833. The molecule has 2 rings (SSSR count). The number of pyridine rings is 2. The zero-order valence-corrected chi connectivity index (χ0v) is 10.1.